The molecular weight excluding hydrogens is 288 g/mol. The van der Waals surface area contributed by atoms with Crippen molar-refractivity contribution in [1.29, 1.82) is 0 Å². The second-order valence-corrected chi connectivity index (χ2v) is 6.53. The van der Waals surface area contributed by atoms with Crippen molar-refractivity contribution in [2.75, 3.05) is 53.0 Å². The molecule has 1 N–H and O–H groups in total. The fourth-order valence-corrected chi connectivity index (χ4v) is 3.17. The Balaban J connectivity index is 2.48. The van der Waals surface area contributed by atoms with Gasteiger partial charge in [-0.3, -0.25) is 9.89 Å². The first-order valence-electron chi connectivity index (χ1n) is 9.43. The van der Waals surface area contributed by atoms with E-state index in [1.54, 1.807) is 0 Å². The molecule has 1 rings (SSSR count). The second kappa shape index (κ2) is 11.7. The number of hydrogen-bond donors (Lipinski definition) is 1. The van der Waals surface area contributed by atoms with Gasteiger partial charge >= 0.3 is 0 Å². The van der Waals surface area contributed by atoms with Gasteiger partial charge in [0.1, 0.15) is 0 Å². The summed E-state index contributed by atoms with van der Waals surface area (Å²) >= 11 is 0. The van der Waals surface area contributed by atoms with Crippen LogP contribution < -0.4 is 5.32 Å². The summed E-state index contributed by atoms with van der Waals surface area (Å²) in [5, 5.41) is 3.43. The molecule has 136 valence electrons. The number of nitrogens with one attached hydrogen (secondary N) is 1. The van der Waals surface area contributed by atoms with Crippen LogP contribution in [-0.2, 0) is 4.74 Å². The zero-order chi connectivity index (χ0) is 17.1. The number of guanidine groups is 1. The lowest BCUT2D eigenvalue weighted by Crippen LogP contribution is -2.41. The third-order valence-electron chi connectivity index (χ3n) is 4.85. The molecule has 5 nitrogen and oxygen atoms in total. The van der Waals surface area contributed by atoms with Crippen molar-refractivity contribution in [3.8, 4) is 0 Å². The zero-order valence-electron chi connectivity index (χ0n) is 16.0. The fraction of sp³-hybridized carbons (Fsp3) is 0.944. The summed E-state index contributed by atoms with van der Waals surface area (Å²) in [4.78, 5) is 9.60. The van der Waals surface area contributed by atoms with Crippen molar-refractivity contribution in [2.45, 2.75) is 53.0 Å². The molecule has 0 saturated carbocycles. The standard InChI is InChI=1S/C18H38N4O/c1-6-19-18(20-15-16(4)22(7-2)8-3)21(5)12-9-17-10-13-23-14-11-17/h16-17H,6-15H2,1-5H3,(H,19,20). The average Bonchev–Trinajstić information content (AvgIpc) is 2.58. The predicted molar refractivity (Wildman–Crippen MR) is 99.2 cm³/mol. The van der Waals surface area contributed by atoms with Crippen LogP contribution in [0.1, 0.15) is 47.0 Å². The predicted octanol–water partition coefficient (Wildman–Crippen LogP) is 2.43. The van der Waals surface area contributed by atoms with Crippen molar-refractivity contribution < 1.29 is 4.74 Å². The van der Waals surface area contributed by atoms with Crippen molar-refractivity contribution >= 4 is 5.96 Å². The smallest absolute Gasteiger partial charge is 0.193 e. The molecule has 1 atom stereocenters. The van der Waals surface area contributed by atoms with Gasteiger partial charge in [0, 0.05) is 39.4 Å². The van der Waals surface area contributed by atoms with E-state index in [0.29, 0.717) is 6.04 Å². The molecular formula is C18H38N4O. The van der Waals surface area contributed by atoms with E-state index in [2.05, 4.69) is 49.9 Å². The third-order valence-corrected chi connectivity index (χ3v) is 4.85. The quantitative estimate of drug-likeness (QED) is 0.522. The van der Waals surface area contributed by atoms with Crippen LogP contribution >= 0.6 is 0 Å². The van der Waals surface area contributed by atoms with Gasteiger partial charge in [-0.25, -0.2) is 0 Å². The Bertz CT molecular complexity index is 325. The Morgan fingerprint density at radius 1 is 1.22 bits per heavy atom. The van der Waals surface area contributed by atoms with Gasteiger partial charge in [0.15, 0.2) is 5.96 Å². The van der Waals surface area contributed by atoms with Crippen LogP contribution in [0.3, 0.4) is 0 Å². The van der Waals surface area contributed by atoms with Crippen LogP contribution in [0.2, 0.25) is 0 Å². The number of likely N-dealkylation sites (N-methyl/N-ethyl adjacent to an activating group) is 1. The van der Waals surface area contributed by atoms with Crippen LogP contribution in [-0.4, -0.2) is 74.8 Å². The summed E-state index contributed by atoms with van der Waals surface area (Å²) in [5.74, 6) is 1.85. The maximum atomic E-state index is 5.45. The number of ether oxygens (including phenoxy) is 1. The van der Waals surface area contributed by atoms with E-state index in [4.69, 9.17) is 9.73 Å². The van der Waals surface area contributed by atoms with Gasteiger partial charge in [0.05, 0.1) is 6.54 Å². The minimum Gasteiger partial charge on any atom is -0.381 e. The SMILES string of the molecule is CCNC(=NCC(C)N(CC)CC)N(C)CCC1CCOCC1. The highest BCUT2D eigenvalue weighted by Gasteiger charge is 2.16. The second-order valence-electron chi connectivity index (χ2n) is 6.53. The molecule has 5 heteroatoms. The first-order valence-corrected chi connectivity index (χ1v) is 9.43. The van der Waals surface area contributed by atoms with E-state index in [-0.39, 0.29) is 0 Å². The minimum absolute atomic E-state index is 0.488. The van der Waals surface area contributed by atoms with E-state index < -0.39 is 0 Å². The van der Waals surface area contributed by atoms with Gasteiger partial charge in [-0.15, -0.1) is 0 Å². The van der Waals surface area contributed by atoms with Gasteiger partial charge in [0.25, 0.3) is 0 Å². The molecule has 0 aromatic carbocycles. The maximum absolute atomic E-state index is 5.45. The lowest BCUT2D eigenvalue weighted by Gasteiger charge is -2.28. The molecule has 1 unspecified atom stereocenters. The lowest BCUT2D eigenvalue weighted by molar-refractivity contribution is 0.0625. The number of nitrogens with zero attached hydrogens (tertiary/aromatic N) is 3. The fourth-order valence-electron chi connectivity index (χ4n) is 3.17. The highest BCUT2D eigenvalue weighted by molar-refractivity contribution is 5.79. The zero-order valence-corrected chi connectivity index (χ0v) is 16.0. The summed E-state index contributed by atoms with van der Waals surface area (Å²) in [6.07, 6.45) is 3.65. The van der Waals surface area contributed by atoms with Crippen molar-refractivity contribution in [3.05, 3.63) is 0 Å². The Hall–Kier alpha value is -0.810. The van der Waals surface area contributed by atoms with E-state index in [9.17, 15) is 0 Å². The van der Waals surface area contributed by atoms with E-state index in [1.807, 2.05) is 0 Å². The van der Waals surface area contributed by atoms with Crippen LogP contribution in [0.15, 0.2) is 4.99 Å². The molecule has 1 fully saturated rings. The summed E-state index contributed by atoms with van der Waals surface area (Å²) in [6.45, 7) is 15.7. The molecule has 23 heavy (non-hydrogen) atoms. The number of aliphatic imine (C=N–C) groups is 1. The minimum atomic E-state index is 0.488. The first kappa shape index (κ1) is 20.2. The van der Waals surface area contributed by atoms with Gasteiger partial charge in [-0.1, -0.05) is 13.8 Å². The molecule has 0 bridgehead atoms. The van der Waals surface area contributed by atoms with Crippen molar-refractivity contribution in [1.82, 2.24) is 15.1 Å². The summed E-state index contributed by atoms with van der Waals surface area (Å²) in [7, 11) is 2.16. The van der Waals surface area contributed by atoms with Crippen LogP contribution in [0.4, 0.5) is 0 Å². The Morgan fingerprint density at radius 3 is 2.43 bits per heavy atom. The molecule has 1 heterocycles. The highest BCUT2D eigenvalue weighted by Crippen LogP contribution is 2.18. The summed E-state index contributed by atoms with van der Waals surface area (Å²) in [6, 6.07) is 0.488. The molecule has 0 spiro atoms. The largest absolute Gasteiger partial charge is 0.381 e. The Labute approximate surface area is 143 Å². The normalized spacial score (nSPS) is 18.3. The van der Waals surface area contributed by atoms with E-state index in [1.165, 1.54) is 19.3 Å². The summed E-state index contributed by atoms with van der Waals surface area (Å²) < 4.78 is 5.45. The van der Waals surface area contributed by atoms with Gasteiger partial charge in [-0.05, 0) is 52.1 Å². The van der Waals surface area contributed by atoms with Crippen molar-refractivity contribution in [2.24, 2.45) is 10.9 Å². The van der Waals surface area contributed by atoms with Crippen LogP contribution in [0, 0.1) is 5.92 Å². The summed E-state index contributed by atoms with van der Waals surface area (Å²) in [5.41, 5.74) is 0. The maximum Gasteiger partial charge on any atom is 0.193 e. The highest BCUT2D eigenvalue weighted by atomic mass is 16.5. The van der Waals surface area contributed by atoms with Gasteiger partial charge in [0.2, 0.25) is 0 Å². The molecule has 1 aliphatic rings. The van der Waals surface area contributed by atoms with Gasteiger partial charge in [-0.2, -0.15) is 0 Å². The number of rotatable bonds is 9. The monoisotopic (exact) mass is 326 g/mol. The molecule has 0 radical (unpaired) electrons. The average molecular weight is 327 g/mol. The molecule has 0 amide bonds. The van der Waals surface area contributed by atoms with E-state index >= 15 is 0 Å². The molecule has 0 aliphatic carbocycles. The first-order chi connectivity index (χ1) is 11.1. The van der Waals surface area contributed by atoms with Crippen LogP contribution in [0.5, 0.6) is 0 Å². The van der Waals surface area contributed by atoms with Gasteiger partial charge < -0.3 is 15.0 Å². The molecule has 0 aromatic rings. The van der Waals surface area contributed by atoms with E-state index in [0.717, 1.165) is 57.8 Å². The topological polar surface area (TPSA) is 40.1 Å². The number of hydrogen-bond acceptors (Lipinski definition) is 3. The molecule has 1 aliphatic heterocycles. The van der Waals surface area contributed by atoms with Crippen molar-refractivity contribution in [3.63, 3.8) is 0 Å². The third kappa shape index (κ3) is 7.53. The molecule has 1 saturated heterocycles. The lowest BCUT2D eigenvalue weighted by atomic mass is 9.96. The Kier molecular flexibility index (Phi) is 10.3. The van der Waals surface area contributed by atoms with Crippen LogP contribution in [0.25, 0.3) is 0 Å². The molecule has 0 aromatic heterocycles. The Morgan fingerprint density at radius 2 is 1.87 bits per heavy atom.